The topological polar surface area (TPSA) is 104 Å². The molecule has 2 heterocycles. The third kappa shape index (κ3) is 7.86. The van der Waals surface area contributed by atoms with Gasteiger partial charge in [-0.3, -0.25) is 9.88 Å². The average molecular weight is 639 g/mol. The molecule has 2 N–H and O–H groups in total. The molecule has 44 heavy (non-hydrogen) atoms. The van der Waals surface area contributed by atoms with Crippen LogP contribution >= 0.6 is 0 Å². The fourth-order valence-corrected chi connectivity index (χ4v) is 7.49. The van der Waals surface area contributed by atoms with Gasteiger partial charge < -0.3 is 18.9 Å². The van der Waals surface area contributed by atoms with Gasteiger partial charge in [0.25, 0.3) is 0 Å². The van der Waals surface area contributed by atoms with Crippen LogP contribution in [0.3, 0.4) is 0 Å². The molecule has 0 bridgehead atoms. The van der Waals surface area contributed by atoms with Crippen molar-refractivity contribution in [3.8, 4) is 0 Å². The summed E-state index contributed by atoms with van der Waals surface area (Å²) in [5.74, 6) is 0.161. The van der Waals surface area contributed by atoms with Crippen LogP contribution in [0.5, 0.6) is 0 Å². The molecular weight excluding hydrogens is 589 g/mol. The van der Waals surface area contributed by atoms with Crippen molar-refractivity contribution >= 4 is 44.9 Å². The minimum Gasteiger partial charge on any atom is -0.417 e. The molecule has 0 spiro atoms. The fraction of sp³-hybridized carbons (Fsp3) is 0.545. The van der Waals surface area contributed by atoms with Crippen molar-refractivity contribution in [2.45, 2.75) is 102 Å². The zero-order chi connectivity index (χ0) is 32.6. The van der Waals surface area contributed by atoms with Crippen molar-refractivity contribution in [2.24, 2.45) is 0 Å². The number of anilines is 2. The summed E-state index contributed by atoms with van der Waals surface area (Å²) in [5.41, 5.74) is -0.435. The van der Waals surface area contributed by atoms with Crippen LogP contribution in [-0.4, -0.2) is 51.0 Å². The normalized spacial score (nSPS) is 19.7. The molecule has 1 aliphatic rings. The summed E-state index contributed by atoms with van der Waals surface area (Å²) >= 11 is 0. The second-order valence-electron chi connectivity index (χ2n) is 15.0. The second kappa shape index (κ2) is 12.5. The van der Waals surface area contributed by atoms with Crippen LogP contribution in [-0.2, 0) is 13.6 Å². The smallest absolute Gasteiger partial charge is 0.351 e. The minimum absolute atomic E-state index is 0.0114. The molecule has 1 aliphatic heterocycles. The fourth-order valence-electron chi connectivity index (χ4n) is 4.81. The highest BCUT2D eigenvalue weighted by atomic mass is 28.4. The van der Waals surface area contributed by atoms with Crippen LogP contribution in [0.4, 0.5) is 16.3 Å². The number of urea groups is 1. The highest BCUT2D eigenvalue weighted by Crippen LogP contribution is 2.45. The molecule has 1 saturated heterocycles. The highest BCUT2D eigenvalue weighted by molar-refractivity contribution is 6.74. The molecule has 3 aromatic rings. The van der Waals surface area contributed by atoms with Crippen molar-refractivity contribution in [1.29, 1.82) is 0 Å². The van der Waals surface area contributed by atoms with Crippen molar-refractivity contribution in [3.05, 3.63) is 65.2 Å². The maximum atomic E-state index is 13.2. The number of ether oxygens (including phenoxy) is 1. The molecule has 1 aromatic heterocycles. The Morgan fingerprint density at radius 3 is 2.27 bits per heavy atom. The largest absolute Gasteiger partial charge is 0.417 e. The number of amides is 2. The summed E-state index contributed by atoms with van der Waals surface area (Å²) in [6.07, 6.45) is 2.28. The Hall–Kier alpha value is -2.84. The molecule has 2 aromatic carbocycles. The first kappa shape index (κ1) is 34.0. The molecule has 1 fully saturated rings. The maximum absolute atomic E-state index is 13.2. The number of aromatic nitrogens is 2. The third-order valence-electron chi connectivity index (χ3n) is 9.58. The Morgan fingerprint density at radius 1 is 0.977 bits per heavy atom. The van der Waals surface area contributed by atoms with Crippen LogP contribution in [0.2, 0.25) is 36.3 Å². The maximum Gasteiger partial charge on any atom is 0.351 e. The lowest BCUT2D eigenvalue weighted by atomic mass is 9.99. The van der Waals surface area contributed by atoms with E-state index in [9.17, 15) is 9.59 Å². The van der Waals surface area contributed by atoms with Gasteiger partial charge in [-0.1, -0.05) is 71.9 Å². The lowest BCUT2D eigenvalue weighted by Gasteiger charge is -2.44. The van der Waals surface area contributed by atoms with Gasteiger partial charge in [0.15, 0.2) is 16.6 Å². The predicted octanol–water partition coefficient (Wildman–Crippen LogP) is 8.13. The summed E-state index contributed by atoms with van der Waals surface area (Å²) in [6, 6.07) is 14.7. The molecule has 0 saturated carbocycles. The van der Waals surface area contributed by atoms with Crippen LogP contribution in [0, 0.1) is 0 Å². The monoisotopic (exact) mass is 638 g/mol. The molecular formula is C33H50N4O5Si2. The Morgan fingerprint density at radius 2 is 1.64 bits per heavy atom. The minimum atomic E-state index is -2.18. The number of nitrogens with one attached hydrogen (secondary N) is 2. The molecule has 1 unspecified atom stereocenters. The molecule has 4 rings (SSSR count). The van der Waals surface area contributed by atoms with Gasteiger partial charge in [-0.05, 0) is 71.7 Å². The first-order chi connectivity index (χ1) is 20.3. The zero-order valence-corrected chi connectivity index (χ0v) is 30.0. The van der Waals surface area contributed by atoms with Crippen LogP contribution < -0.4 is 16.3 Å². The van der Waals surface area contributed by atoms with Gasteiger partial charge in [0.1, 0.15) is 12.0 Å². The second-order valence-corrected chi connectivity index (χ2v) is 24.6. The van der Waals surface area contributed by atoms with Crippen molar-refractivity contribution < 1.29 is 18.4 Å². The molecule has 0 radical (unpaired) electrons. The average Bonchev–Trinajstić information content (AvgIpc) is 3.30. The van der Waals surface area contributed by atoms with Crippen molar-refractivity contribution in [3.63, 3.8) is 0 Å². The highest BCUT2D eigenvalue weighted by Gasteiger charge is 2.50. The summed E-state index contributed by atoms with van der Waals surface area (Å²) in [6.45, 7) is 23.3. The van der Waals surface area contributed by atoms with Gasteiger partial charge in [-0.2, -0.15) is 4.98 Å². The number of benzene rings is 2. The number of hydrogen-bond donors (Lipinski definition) is 2. The van der Waals surface area contributed by atoms with Gasteiger partial charge in [-0.25, -0.2) is 9.59 Å². The Bertz CT molecular complexity index is 1540. The van der Waals surface area contributed by atoms with Gasteiger partial charge >= 0.3 is 11.7 Å². The van der Waals surface area contributed by atoms with Gasteiger partial charge in [0.05, 0.1) is 12.2 Å². The zero-order valence-electron chi connectivity index (χ0n) is 28.0. The SMILES string of the molecule is CC(C)(C)[Si](C)(C)OCCC1(O[Si](C)(C)C(C)(C)C)CO[C@@H](n2ccc(NC(=O)Nc3ccc4ccccc4c3)nc2=O)C1. The van der Waals surface area contributed by atoms with E-state index in [1.807, 2.05) is 42.5 Å². The first-order valence-electron chi connectivity index (χ1n) is 15.4. The van der Waals surface area contributed by atoms with E-state index in [0.29, 0.717) is 31.7 Å². The Kier molecular flexibility index (Phi) is 9.68. The van der Waals surface area contributed by atoms with Crippen LogP contribution in [0.25, 0.3) is 10.8 Å². The number of carbonyl (C=O) groups is 1. The summed E-state index contributed by atoms with van der Waals surface area (Å²) < 4.78 is 21.3. The van der Waals surface area contributed by atoms with Gasteiger partial charge in [0, 0.05) is 24.9 Å². The number of nitrogens with zero attached hydrogens (tertiary/aromatic N) is 2. The van der Waals surface area contributed by atoms with Crippen molar-refractivity contribution in [2.75, 3.05) is 23.8 Å². The lowest BCUT2D eigenvalue weighted by Crippen LogP contribution is -2.51. The van der Waals surface area contributed by atoms with E-state index >= 15 is 0 Å². The molecule has 9 nitrogen and oxygen atoms in total. The number of fused-ring (bicyclic) bond motifs is 1. The molecule has 240 valence electrons. The number of hydrogen-bond acceptors (Lipinski definition) is 6. The van der Waals surface area contributed by atoms with Gasteiger partial charge in [-0.15, -0.1) is 0 Å². The van der Waals surface area contributed by atoms with E-state index < -0.39 is 40.2 Å². The summed E-state index contributed by atoms with van der Waals surface area (Å²) in [4.78, 5) is 30.0. The first-order valence-corrected chi connectivity index (χ1v) is 21.2. The van der Waals surface area contributed by atoms with E-state index in [2.05, 4.69) is 83.3 Å². The quantitative estimate of drug-likeness (QED) is 0.229. The summed E-state index contributed by atoms with van der Waals surface area (Å²) in [7, 11) is -4.12. The lowest BCUT2D eigenvalue weighted by molar-refractivity contribution is 0.00667. The standard InChI is InChI=1S/C33H50N4O5Si2/c1-31(2,3)43(7,8)41-20-18-33(42-44(9,10)32(4,5)6)22-28(40-23-33)37-19-17-27(36-30(37)39)35-29(38)34-26-16-15-24-13-11-12-14-25(24)21-26/h11-17,19,21,28H,18,20,22-23H2,1-10H3,(H2,34,35,36,38,39)/t28-,33?/m1/s1. The molecule has 0 aliphatic carbocycles. The van der Waals surface area contributed by atoms with E-state index in [1.165, 1.54) is 4.57 Å². The molecule has 11 heteroatoms. The van der Waals surface area contributed by atoms with Crippen LogP contribution in [0.1, 0.15) is 60.6 Å². The van der Waals surface area contributed by atoms with E-state index in [0.717, 1.165) is 10.8 Å². The number of carbonyl (C=O) groups excluding carboxylic acids is 1. The summed E-state index contributed by atoms with van der Waals surface area (Å²) in [5, 5.41) is 7.70. The van der Waals surface area contributed by atoms with E-state index in [1.54, 1.807) is 12.3 Å². The predicted molar refractivity (Wildman–Crippen MR) is 183 cm³/mol. The van der Waals surface area contributed by atoms with Crippen molar-refractivity contribution in [1.82, 2.24) is 9.55 Å². The molecule has 2 atom stereocenters. The molecule has 2 amide bonds. The number of rotatable bonds is 9. The Balaban J connectivity index is 1.46. The Labute approximate surface area is 264 Å². The third-order valence-corrected chi connectivity index (χ3v) is 18.7. The van der Waals surface area contributed by atoms with E-state index in [-0.39, 0.29) is 15.9 Å². The van der Waals surface area contributed by atoms with Gasteiger partial charge in [0.2, 0.25) is 0 Å². The van der Waals surface area contributed by atoms with E-state index in [4.69, 9.17) is 13.6 Å². The van der Waals surface area contributed by atoms with Crippen LogP contribution in [0.15, 0.2) is 59.5 Å².